The molecule has 0 fully saturated rings. The van der Waals surface area contributed by atoms with Gasteiger partial charge >= 0.3 is 0 Å². The maximum Gasteiger partial charge on any atom is 0.136 e. The second kappa shape index (κ2) is 10.1. The van der Waals surface area contributed by atoms with Crippen LogP contribution in [0.25, 0.3) is 119 Å². The van der Waals surface area contributed by atoms with Crippen LogP contribution in [0.1, 0.15) is 0 Å². The third-order valence-corrected chi connectivity index (χ3v) is 11.9. The van der Waals surface area contributed by atoms with Crippen LogP contribution in [0.5, 0.6) is 0 Å². The normalized spacial score (nSPS) is 12.3. The van der Waals surface area contributed by atoms with Gasteiger partial charge in [-0.15, -0.1) is 11.3 Å². The summed E-state index contributed by atoms with van der Waals surface area (Å²) in [5.41, 5.74) is 8.54. The van der Waals surface area contributed by atoms with Crippen molar-refractivity contribution in [3.8, 4) is 22.3 Å². The number of rotatable bonds is 2. The van der Waals surface area contributed by atoms with Crippen molar-refractivity contribution >= 4 is 108 Å². The van der Waals surface area contributed by atoms with Gasteiger partial charge in [-0.25, -0.2) is 0 Å². The predicted octanol–water partition coefficient (Wildman–Crippen LogP) is 14.6. The second-order valence-electron chi connectivity index (χ2n) is 13.6. The Bertz CT molecular complexity index is 3370. The molecule has 0 saturated heterocycles. The molecular weight excluding hydrogens is 641 g/mol. The highest BCUT2D eigenvalue weighted by Gasteiger charge is 2.19. The Morgan fingerprint density at radius 1 is 0.294 bits per heavy atom. The molecule has 12 aromatic rings. The molecule has 0 bridgehead atoms. The first kappa shape index (κ1) is 27.4. The van der Waals surface area contributed by atoms with Gasteiger partial charge in [-0.1, -0.05) is 103 Å². The molecular formula is C48H26O2S. The van der Waals surface area contributed by atoms with Gasteiger partial charge in [0, 0.05) is 41.7 Å². The molecule has 0 aliphatic carbocycles. The average molecular weight is 667 g/mol. The van der Waals surface area contributed by atoms with Crippen LogP contribution in [0.15, 0.2) is 167 Å². The molecule has 12 rings (SSSR count). The lowest BCUT2D eigenvalue weighted by molar-refractivity contribution is 0.668. The first-order chi connectivity index (χ1) is 25.2. The van der Waals surface area contributed by atoms with Crippen molar-refractivity contribution in [2.75, 3.05) is 0 Å². The molecule has 2 nitrogen and oxygen atoms in total. The van der Waals surface area contributed by atoms with Crippen molar-refractivity contribution in [1.82, 2.24) is 0 Å². The largest absolute Gasteiger partial charge is 0.456 e. The first-order valence-corrected chi connectivity index (χ1v) is 18.1. The van der Waals surface area contributed by atoms with Crippen LogP contribution in [-0.2, 0) is 0 Å². The highest BCUT2D eigenvalue weighted by molar-refractivity contribution is 7.25. The lowest BCUT2D eigenvalue weighted by Crippen LogP contribution is -1.90. The van der Waals surface area contributed by atoms with E-state index >= 15 is 0 Å². The van der Waals surface area contributed by atoms with Crippen LogP contribution in [0, 0.1) is 0 Å². The van der Waals surface area contributed by atoms with Crippen molar-refractivity contribution in [3.05, 3.63) is 158 Å². The molecule has 0 atom stereocenters. The molecule has 0 spiro atoms. The zero-order valence-electron chi connectivity index (χ0n) is 27.2. The Morgan fingerprint density at radius 3 is 1.43 bits per heavy atom. The van der Waals surface area contributed by atoms with E-state index in [2.05, 4.69) is 146 Å². The number of furan rings is 2. The highest BCUT2D eigenvalue weighted by Crippen LogP contribution is 2.46. The van der Waals surface area contributed by atoms with E-state index in [-0.39, 0.29) is 0 Å². The molecule has 236 valence electrons. The molecule has 0 N–H and O–H groups in total. The van der Waals surface area contributed by atoms with E-state index in [0.717, 1.165) is 54.6 Å². The lowest BCUT2D eigenvalue weighted by atomic mass is 9.85. The van der Waals surface area contributed by atoms with Gasteiger partial charge in [0.05, 0.1) is 0 Å². The van der Waals surface area contributed by atoms with Crippen LogP contribution >= 0.6 is 11.3 Å². The van der Waals surface area contributed by atoms with Gasteiger partial charge in [0.1, 0.15) is 22.3 Å². The summed E-state index contributed by atoms with van der Waals surface area (Å²) in [6.07, 6.45) is 0. The lowest BCUT2D eigenvalue weighted by Gasteiger charge is -2.18. The van der Waals surface area contributed by atoms with E-state index in [9.17, 15) is 0 Å². The predicted molar refractivity (Wildman–Crippen MR) is 217 cm³/mol. The quantitative estimate of drug-likeness (QED) is 0.172. The number of hydrogen-bond acceptors (Lipinski definition) is 3. The van der Waals surface area contributed by atoms with Gasteiger partial charge in [0.25, 0.3) is 0 Å². The van der Waals surface area contributed by atoms with Gasteiger partial charge in [-0.3, -0.25) is 0 Å². The van der Waals surface area contributed by atoms with Crippen LogP contribution < -0.4 is 0 Å². The summed E-state index contributed by atoms with van der Waals surface area (Å²) in [5.74, 6) is 0. The molecule has 3 heterocycles. The standard InChI is InChI=1S/C48H26O2S/c1-3-13-36-34(11-1)47(35-12-2-4-14-37(35)48(36)28-17-19-33-32-10-6-8-16-45(32)51-46(33)26-28)27-18-20-42-39(21-27)40-23-30-24-43-38(22-29(30)25-44(40)50-42)31-9-5-7-15-41(31)49-43/h1-26H. The van der Waals surface area contributed by atoms with E-state index in [4.69, 9.17) is 8.83 Å². The summed E-state index contributed by atoms with van der Waals surface area (Å²) >= 11 is 1.87. The minimum absolute atomic E-state index is 0.889. The number of para-hydroxylation sites is 1. The fourth-order valence-corrected chi connectivity index (χ4v) is 9.67. The van der Waals surface area contributed by atoms with E-state index in [1.54, 1.807) is 0 Å². The Balaban J connectivity index is 1.09. The Hall–Kier alpha value is -6.42. The van der Waals surface area contributed by atoms with Gasteiger partial charge < -0.3 is 8.83 Å². The summed E-state index contributed by atoms with van der Waals surface area (Å²) in [6, 6.07) is 57.3. The van der Waals surface area contributed by atoms with Gasteiger partial charge in [-0.05, 0) is 109 Å². The minimum Gasteiger partial charge on any atom is -0.456 e. The zero-order valence-corrected chi connectivity index (χ0v) is 28.1. The van der Waals surface area contributed by atoms with E-state index in [0.29, 0.717) is 0 Å². The summed E-state index contributed by atoms with van der Waals surface area (Å²) in [4.78, 5) is 0. The number of hydrogen-bond donors (Lipinski definition) is 0. The second-order valence-corrected chi connectivity index (χ2v) is 14.7. The third-order valence-electron chi connectivity index (χ3n) is 10.8. The smallest absolute Gasteiger partial charge is 0.136 e. The molecule has 0 saturated carbocycles. The SMILES string of the molecule is c1ccc2c(c1)oc1cc3cc4c(cc3cc12)oc1ccc(-c2c3ccccc3c(-c3ccc5c(c3)sc3ccccc35)c3ccccc23)cc14. The molecule has 3 aromatic heterocycles. The minimum atomic E-state index is 0.889. The molecule has 0 radical (unpaired) electrons. The summed E-state index contributed by atoms with van der Waals surface area (Å²) in [7, 11) is 0. The maximum atomic E-state index is 6.52. The molecule has 3 heteroatoms. The first-order valence-electron chi connectivity index (χ1n) is 17.3. The number of benzene rings is 9. The van der Waals surface area contributed by atoms with Gasteiger partial charge in [-0.2, -0.15) is 0 Å². The van der Waals surface area contributed by atoms with Crippen molar-refractivity contribution in [1.29, 1.82) is 0 Å². The van der Waals surface area contributed by atoms with Crippen molar-refractivity contribution in [3.63, 3.8) is 0 Å². The van der Waals surface area contributed by atoms with E-state index in [1.807, 2.05) is 23.5 Å². The Labute approximate surface area is 295 Å². The van der Waals surface area contributed by atoms with Crippen LogP contribution in [-0.4, -0.2) is 0 Å². The fourth-order valence-electron chi connectivity index (χ4n) is 8.53. The van der Waals surface area contributed by atoms with E-state index in [1.165, 1.54) is 64.0 Å². The fraction of sp³-hybridized carbons (Fsp3) is 0. The zero-order chi connectivity index (χ0) is 33.2. The average Bonchev–Trinajstić information content (AvgIpc) is 3.85. The Morgan fingerprint density at radius 2 is 0.765 bits per heavy atom. The molecule has 0 aliphatic heterocycles. The van der Waals surface area contributed by atoms with Crippen molar-refractivity contribution in [2.45, 2.75) is 0 Å². The highest BCUT2D eigenvalue weighted by atomic mass is 32.1. The maximum absolute atomic E-state index is 6.52. The van der Waals surface area contributed by atoms with E-state index < -0.39 is 0 Å². The summed E-state index contributed by atoms with van der Waals surface area (Å²) < 4.78 is 15.4. The summed E-state index contributed by atoms with van der Waals surface area (Å²) in [5, 5.41) is 14.4. The number of thiophene rings is 1. The van der Waals surface area contributed by atoms with Gasteiger partial charge in [0.2, 0.25) is 0 Å². The number of fused-ring (bicyclic) bond motifs is 12. The monoisotopic (exact) mass is 666 g/mol. The molecule has 9 aromatic carbocycles. The van der Waals surface area contributed by atoms with Crippen molar-refractivity contribution < 1.29 is 8.83 Å². The van der Waals surface area contributed by atoms with Crippen LogP contribution in [0.4, 0.5) is 0 Å². The summed E-state index contributed by atoms with van der Waals surface area (Å²) in [6.45, 7) is 0. The third kappa shape index (κ3) is 3.87. The molecule has 0 unspecified atom stereocenters. The van der Waals surface area contributed by atoms with Gasteiger partial charge in [0.15, 0.2) is 0 Å². The van der Waals surface area contributed by atoms with Crippen LogP contribution in [0.2, 0.25) is 0 Å². The molecule has 0 aliphatic rings. The van der Waals surface area contributed by atoms with Crippen molar-refractivity contribution in [2.24, 2.45) is 0 Å². The molecule has 51 heavy (non-hydrogen) atoms. The Kier molecular flexibility index (Phi) is 5.41. The topological polar surface area (TPSA) is 26.3 Å². The molecule has 0 amide bonds. The van der Waals surface area contributed by atoms with Crippen LogP contribution in [0.3, 0.4) is 0 Å².